The number of nitrogens with one attached hydrogen (secondary N) is 2. The minimum Gasteiger partial charge on any atom is -0.370 e. The average Bonchev–Trinajstić information content (AvgIpc) is 2.90. The van der Waals surface area contributed by atoms with Crippen molar-refractivity contribution in [1.29, 1.82) is 0 Å². The first-order valence-corrected chi connectivity index (χ1v) is 6.50. The fraction of sp³-hybridized carbons (Fsp3) is 0.143. The van der Waals surface area contributed by atoms with Crippen LogP contribution < -0.4 is 5.32 Å². The molecule has 0 aliphatic heterocycles. The Morgan fingerprint density at radius 3 is 2.81 bits per heavy atom. The Hall–Kier alpha value is -2.96. The Balaban J connectivity index is 1.59. The summed E-state index contributed by atoms with van der Waals surface area (Å²) in [6.45, 7) is 0.643. The van der Waals surface area contributed by atoms with Crippen LogP contribution in [0.25, 0.3) is 11.0 Å². The highest BCUT2D eigenvalue weighted by atomic mass is 16.6. The summed E-state index contributed by atoms with van der Waals surface area (Å²) >= 11 is 0. The third kappa shape index (κ3) is 2.97. The summed E-state index contributed by atoms with van der Waals surface area (Å²) in [6.07, 6.45) is 1.96. The van der Waals surface area contributed by atoms with Gasteiger partial charge >= 0.3 is 0 Å². The van der Waals surface area contributed by atoms with Crippen molar-refractivity contribution in [3.05, 3.63) is 58.5 Å². The molecule has 0 fully saturated rings. The maximum absolute atomic E-state index is 10.5. The third-order valence-corrected chi connectivity index (χ3v) is 3.07. The van der Waals surface area contributed by atoms with Crippen molar-refractivity contribution in [2.45, 2.75) is 6.42 Å². The number of hydrogen-bond acceptors (Lipinski definition) is 5. The molecular formula is C14H13N5O2. The summed E-state index contributed by atoms with van der Waals surface area (Å²) < 4.78 is 0. The zero-order chi connectivity index (χ0) is 14.7. The first-order valence-electron chi connectivity index (χ1n) is 6.50. The van der Waals surface area contributed by atoms with Gasteiger partial charge in [-0.15, -0.1) is 0 Å². The number of H-pyrrole nitrogens is 1. The zero-order valence-electron chi connectivity index (χ0n) is 11.1. The molecule has 2 heterocycles. The molecule has 7 heteroatoms. The van der Waals surface area contributed by atoms with Crippen LogP contribution in [0.1, 0.15) is 5.82 Å². The summed E-state index contributed by atoms with van der Waals surface area (Å²) in [7, 11) is 0. The van der Waals surface area contributed by atoms with Crippen LogP contribution in [0.5, 0.6) is 0 Å². The second kappa shape index (κ2) is 5.58. The molecule has 0 amide bonds. The van der Waals surface area contributed by atoms with E-state index in [0.717, 1.165) is 16.9 Å². The lowest BCUT2D eigenvalue weighted by Crippen LogP contribution is -2.07. The van der Waals surface area contributed by atoms with Gasteiger partial charge in [0.15, 0.2) is 0 Å². The Bertz CT molecular complexity index is 733. The summed E-state index contributed by atoms with van der Waals surface area (Å²) in [5.74, 6) is 1.50. The van der Waals surface area contributed by atoms with Gasteiger partial charge in [0.25, 0.3) is 5.69 Å². The number of pyridine rings is 1. The van der Waals surface area contributed by atoms with Crippen molar-refractivity contribution in [1.82, 2.24) is 15.0 Å². The van der Waals surface area contributed by atoms with Gasteiger partial charge < -0.3 is 10.3 Å². The third-order valence-electron chi connectivity index (χ3n) is 3.07. The number of imidazole rings is 1. The molecule has 1 aromatic carbocycles. The molecule has 0 bridgehead atoms. The number of nitrogens with zero attached hydrogens (tertiary/aromatic N) is 3. The van der Waals surface area contributed by atoms with Crippen molar-refractivity contribution in [3.8, 4) is 0 Å². The van der Waals surface area contributed by atoms with Crippen molar-refractivity contribution in [3.63, 3.8) is 0 Å². The van der Waals surface area contributed by atoms with Crippen LogP contribution in [0.2, 0.25) is 0 Å². The Labute approximate surface area is 120 Å². The minimum atomic E-state index is -0.467. The van der Waals surface area contributed by atoms with E-state index in [4.69, 9.17) is 0 Å². The highest BCUT2D eigenvalue weighted by molar-refractivity contribution is 5.74. The molecule has 0 unspecified atom stereocenters. The van der Waals surface area contributed by atoms with Gasteiger partial charge in [0.05, 0.1) is 16.0 Å². The van der Waals surface area contributed by atoms with Gasteiger partial charge in [0.2, 0.25) is 0 Å². The fourth-order valence-electron chi connectivity index (χ4n) is 2.03. The molecule has 2 aromatic heterocycles. The minimum absolute atomic E-state index is 0.0159. The predicted molar refractivity (Wildman–Crippen MR) is 79.2 cm³/mol. The SMILES string of the molecule is O=[N+]([O-])c1ccc(NCCc2nc3ccccc3[nH]2)nc1. The van der Waals surface area contributed by atoms with E-state index < -0.39 is 4.92 Å². The summed E-state index contributed by atoms with van der Waals surface area (Å²) in [4.78, 5) is 21.8. The van der Waals surface area contributed by atoms with Crippen LogP contribution in [-0.2, 0) is 6.42 Å². The highest BCUT2D eigenvalue weighted by Gasteiger charge is 2.05. The maximum Gasteiger partial charge on any atom is 0.287 e. The number of hydrogen-bond donors (Lipinski definition) is 2. The fourth-order valence-corrected chi connectivity index (χ4v) is 2.03. The summed E-state index contributed by atoms with van der Waals surface area (Å²) in [6, 6.07) is 10.9. The first kappa shape index (κ1) is 13.0. The number of benzene rings is 1. The molecule has 0 radical (unpaired) electrons. The molecule has 3 rings (SSSR count). The van der Waals surface area contributed by atoms with E-state index >= 15 is 0 Å². The normalized spacial score (nSPS) is 10.7. The van der Waals surface area contributed by atoms with Crippen LogP contribution >= 0.6 is 0 Å². The number of aromatic nitrogens is 3. The van der Waals surface area contributed by atoms with Crippen LogP contribution in [0, 0.1) is 10.1 Å². The van der Waals surface area contributed by atoms with E-state index in [1.165, 1.54) is 12.3 Å². The smallest absolute Gasteiger partial charge is 0.287 e. The molecule has 21 heavy (non-hydrogen) atoms. The Morgan fingerprint density at radius 1 is 1.24 bits per heavy atom. The number of nitro groups is 1. The molecule has 3 aromatic rings. The van der Waals surface area contributed by atoms with Gasteiger partial charge in [-0.3, -0.25) is 10.1 Å². The maximum atomic E-state index is 10.5. The van der Waals surface area contributed by atoms with Gasteiger partial charge in [0, 0.05) is 19.0 Å². The second-order valence-electron chi connectivity index (χ2n) is 4.54. The van der Waals surface area contributed by atoms with Crippen molar-refractivity contribution in [2.75, 3.05) is 11.9 Å². The van der Waals surface area contributed by atoms with Gasteiger partial charge in [-0.05, 0) is 18.2 Å². The number of para-hydroxylation sites is 2. The molecule has 0 atom stereocenters. The number of anilines is 1. The van der Waals surface area contributed by atoms with Crippen LogP contribution in [-0.4, -0.2) is 26.4 Å². The van der Waals surface area contributed by atoms with Crippen molar-refractivity contribution >= 4 is 22.5 Å². The highest BCUT2D eigenvalue weighted by Crippen LogP contribution is 2.13. The Kier molecular flexibility index (Phi) is 3.46. The van der Waals surface area contributed by atoms with E-state index in [1.54, 1.807) is 6.07 Å². The van der Waals surface area contributed by atoms with E-state index in [0.29, 0.717) is 18.8 Å². The molecule has 106 valence electrons. The van der Waals surface area contributed by atoms with Gasteiger partial charge in [-0.25, -0.2) is 9.97 Å². The lowest BCUT2D eigenvalue weighted by molar-refractivity contribution is -0.385. The molecule has 0 saturated heterocycles. The number of rotatable bonds is 5. The molecule has 7 nitrogen and oxygen atoms in total. The van der Waals surface area contributed by atoms with Crippen LogP contribution in [0.15, 0.2) is 42.6 Å². The van der Waals surface area contributed by atoms with Gasteiger partial charge in [-0.1, -0.05) is 12.1 Å². The lowest BCUT2D eigenvalue weighted by Gasteiger charge is -2.03. The van der Waals surface area contributed by atoms with E-state index in [1.807, 2.05) is 24.3 Å². The van der Waals surface area contributed by atoms with E-state index in [2.05, 4.69) is 20.3 Å². The van der Waals surface area contributed by atoms with Crippen LogP contribution in [0.3, 0.4) is 0 Å². The van der Waals surface area contributed by atoms with Gasteiger partial charge in [0.1, 0.15) is 17.8 Å². The Morgan fingerprint density at radius 2 is 2.10 bits per heavy atom. The topological polar surface area (TPSA) is 96.7 Å². The summed E-state index contributed by atoms with van der Waals surface area (Å²) in [5, 5.41) is 13.6. The molecule has 0 aliphatic carbocycles. The zero-order valence-corrected chi connectivity index (χ0v) is 11.1. The summed E-state index contributed by atoms with van der Waals surface area (Å²) in [5.41, 5.74) is 1.94. The van der Waals surface area contributed by atoms with Crippen LogP contribution in [0.4, 0.5) is 11.5 Å². The quantitative estimate of drug-likeness (QED) is 0.554. The molecular weight excluding hydrogens is 270 g/mol. The number of aromatic amines is 1. The van der Waals surface area contributed by atoms with Crippen molar-refractivity contribution < 1.29 is 4.92 Å². The molecule has 2 N–H and O–H groups in total. The predicted octanol–water partition coefficient (Wildman–Crippen LogP) is 2.52. The average molecular weight is 283 g/mol. The molecule has 0 aliphatic rings. The lowest BCUT2D eigenvalue weighted by atomic mass is 10.3. The first-order chi connectivity index (χ1) is 10.2. The monoisotopic (exact) mass is 283 g/mol. The second-order valence-corrected chi connectivity index (χ2v) is 4.54. The molecule has 0 saturated carbocycles. The van der Waals surface area contributed by atoms with E-state index in [-0.39, 0.29) is 5.69 Å². The number of fused-ring (bicyclic) bond motifs is 1. The molecule has 0 spiro atoms. The van der Waals surface area contributed by atoms with E-state index in [9.17, 15) is 10.1 Å². The van der Waals surface area contributed by atoms with Gasteiger partial charge in [-0.2, -0.15) is 0 Å². The van der Waals surface area contributed by atoms with Crippen molar-refractivity contribution in [2.24, 2.45) is 0 Å². The standard InChI is InChI=1S/C14H13N5O2/c20-19(21)10-5-6-13(16-9-10)15-8-7-14-17-11-3-1-2-4-12(11)18-14/h1-6,9H,7-8H2,(H,15,16)(H,17,18). The largest absolute Gasteiger partial charge is 0.370 e.